The van der Waals surface area contributed by atoms with E-state index in [4.69, 9.17) is 19.9 Å². The Morgan fingerprint density at radius 1 is 1.19 bits per heavy atom. The van der Waals surface area contributed by atoms with Crippen molar-refractivity contribution in [2.24, 2.45) is 10.7 Å². The van der Waals surface area contributed by atoms with Crippen LogP contribution in [-0.4, -0.2) is 35.8 Å². The summed E-state index contributed by atoms with van der Waals surface area (Å²) in [4.78, 5) is 9.29. The number of nitrogens with one attached hydrogen (secondary N) is 1. The number of nitrogens with zero attached hydrogens (tertiary/aromatic N) is 3. The lowest BCUT2D eigenvalue weighted by Gasteiger charge is -2.24. The second-order valence-corrected chi connectivity index (χ2v) is 6.43. The van der Waals surface area contributed by atoms with E-state index in [-0.39, 0.29) is 6.17 Å². The van der Waals surface area contributed by atoms with Gasteiger partial charge in [-0.2, -0.15) is 0 Å². The lowest BCUT2D eigenvalue weighted by molar-refractivity contribution is 0.297. The van der Waals surface area contributed by atoms with Crippen molar-refractivity contribution in [3.05, 3.63) is 42.0 Å². The number of aliphatic imine (C=N–C) groups is 1. The van der Waals surface area contributed by atoms with Gasteiger partial charge in [-0.05, 0) is 12.1 Å². The first-order valence-corrected chi connectivity index (χ1v) is 8.79. The lowest BCUT2D eigenvalue weighted by atomic mass is 10.1. The van der Waals surface area contributed by atoms with E-state index in [0.717, 1.165) is 34.5 Å². The summed E-state index contributed by atoms with van der Waals surface area (Å²) in [6.07, 6.45) is 0.498. The van der Waals surface area contributed by atoms with Crippen LogP contribution in [0.25, 0.3) is 11.0 Å². The first-order chi connectivity index (χ1) is 13.2. The van der Waals surface area contributed by atoms with Crippen molar-refractivity contribution >= 4 is 22.9 Å². The average Bonchev–Trinajstić information content (AvgIpc) is 2.87. The predicted molar refractivity (Wildman–Crippen MR) is 102 cm³/mol. The minimum absolute atomic E-state index is 0.319. The van der Waals surface area contributed by atoms with Crippen LogP contribution in [0.5, 0.6) is 17.2 Å². The van der Waals surface area contributed by atoms with Crippen molar-refractivity contribution in [3.63, 3.8) is 0 Å². The molecular formula is C19H19N5O3. The number of hydrogen-bond acceptors (Lipinski definition) is 7. The first kappa shape index (κ1) is 15.8. The van der Waals surface area contributed by atoms with Crippen molar-refractivity contribution in [2.75, 3.05) is 25.6 Å². The third-order valence-electron chi connectivity index (χ3n) is 4.70. The number of benzene rings is 2. The third kappa shape index (κ3) is 2.61. The number of nitrogens with two attached hydrogens (primary N) is 1. The van der Waals surface area contributed by atoms with E-state index in [2.05, 4.69) is 15.3 Å². The minimum atomic E-state index is -0.355. The fourth-order valence-corrected chi connectivity index (χ4v) is 3.45. The molecule has 0 radical (unpaired) electrons. The van der Waals surface area contributed by atoms with E-state index in [9.17, 15) is 0 Å². The first-order valence-electron chi connectivity index (χ1n) is 8.79. The lowest BCUT2D eigenvalue weighted by Crippen LogP contribution is -2.31. The van der Waals surface area contributed by atoms with Gasteiger partial charge in [0.1, 0.15) is 5.75 Å². The summed E-state index contributed by atoms with van der Waals surface area (Å²) < 4.78 is 19.0. The number of aromatic nitrogens is 2. The van der Waals surface area contributed by atoms with Gasteiger partial charge in [-0.15, -0.1) is 0 Å². The summed E-state index contributed by atoms with van der Waals surface area (Å²) >= 11 is 0. The molecule has 1 unspecified atom stereocenters. The minimum Gasteiger partial charge on any atom is -0.497 e. The molecular weight excluding hydrogens is 346 g/mol. The maximum atomic E-state index is 6.02. The van der Waals surface area contributed by atoms with Gasteiger partial charge in [0.15, 0.2) is 23.6 Å². The molecule has 0 spiro atoms. The molecule has 0 bridgehead atoms. The number of ether oxygens (including phenoxy) is 3. The molecule has 5 rings (SSSR count). The van der Waals surface area contributed by atoms with Gasteiger partial charge in [0, 0.05) is 24.1 Å². The van der Waals surface area contributed by atoms with Crippen molar-refractivity contribution in [2.45, 2.75) is 12.6 Å². The van der Waals surface area contributed by atoms with Crippen LogP contribution < -0.4 is 25.3 Å². The van der Waals surface area contributed by atoms with Crippen LogP contribution >= 0.6 is 0 Å². The highest BCUT2D eigenvalue weighted by Gasteiger charge is 2.27. The fraction of sp³-hybridized carbons (Fsp3) is 0.263. The zero-order valence-corrected chi connectivity index (χ0v) is 14.8. The largest absolute Gasteiger partial charge is 0.497 e. The van der Waals surface area contributed by atoms with Crippen LogP contribution in [0.3, 0.4) is 0 Å². The Hall–Kier alpha value is -3.42. The molecule has 8 nitrogen and oxygen atoms in total. The molecule has 0 fully saturated rings. The highest BCUT2D eigenvalue weighted by atomic mass is 16.5. The molecule has 1 atom stereocenters. The zero-order valence-electron chi connectivity index (χ0n) is 14.8. The highest BCUT2D eigenvalue weighted by molar-refractivity contribution is 5.95. The van der Waals surface area contributed by atoms with Crippen LogP contribution in [0, 0.1) is 0 Å². The highest BCUT2D eigenvalue weighted by Crippen LogP contribution is 2.39. The molecule has 3 aromatic rings. The van der Waals surface area contributed by atoms with Gasteiger partial charge in [-0.3, -0.25) is 9.88 Å². The second kappa shape index (κ2) is 6.08. The molecule has 2 aromatic carbocycles. The van der Waals surface area contributed by atoms with E-state index in [1.165, 1.54) is 0 Å². The van der Waals surface area contributed by atoms with Gasteiger partial charge in [0.2, 0.25) is 5.95 Å². The van der Waals surface area contributed by atoms with E-state index in [1.54, 1.807) is 7.11 Å². The molecule has 1 aromatic heterocycles. The van der Waals surface area contributed by atoms with Crippen LogP contribution in [0.2, 0.25) is 0 Å². The number of imidazole rings is 1. The summed E-state index contributed by atoms with van der Waals surface area (Å²) in [5.41, 5.74) is 8.65. The molecule has 0 saturated heterocycles. The Bertz CT molecular complexity index is 1060. The Kier molecular flexibility index (Phi) is 3.56. The molecule has 3 heterocycles. The number of guanidine groups is 1. The Morgan fingerprint density at radius 3 is 2.81 bits per heavy atom. The van der Waals surface area contributed by atoms with Gasteiger partial charge in [0.25, 0.3) is 0 Å². The van der Waals surface area contributed by atoms with Crippen molar-refractivity contribution in [1.82, 2.24) is 9.55 Å². The summed E-state index contributed by atoms with van der Waals surface area (Å²) in [6, 6.07) is 11.6. The molecule has 0 saturated carbocycles. The van der Waals surface area contributed by atoms with Crippen LogP contribution in [-0.2, 0) is 0 Å². The van der Waals surface area contributed by atoms with Gasteiger partial charge < -0.3 is 19.9 Å². The molecule has 2 aliphatic heterocycles. The monoisotopic (exact) mass is 365 g/mol. The molecule has 27 heavy (non-hydrogen) atoms. The number of anilines is 1. The number of methoxy groups -OCH3 is 1. The number of rotatable bonds is 2. The maximum absolute atomic E-state index is 6.02. The number of hydrogen-bond donors (Lipinski definition) is 2. The molecule has 2 aliphatic rings. The van der Waals surface area contributed by atoms with E-state index < -0.39 is 0 Å². The maximum Gasteiger partial charge on any atom is 0.212 e. The predicted octanol–water partition coefficient (Wildman–Crippen LogP) is 2.49. The third-order valence-corrected chi connectivity index (χ3v) is 4.70. The fourth-order valence-electron chi connectivity index (χ4n) is 3.45. The van der Waals surface area contributed by atoms with Gasteiger partial charge in [0.05, 0.1) is 31.4 Å². The van der Waals surface area contributed by atoms with Crippen LogP contribution in [0.15, 0.2) is 41.4 Å². The Morgan fingerprint density at radius 2 is 2.00 bits per heavy atom. The van der Waals surface area contributed by atoms with Crippen LogP contribution in [0.1, 0.15) is 18.2 Å². The zero-order chi connectivity index (χ0) is 18.4. The Balaban J connectivity index is 1.70. The molecule has 3 N–H and O–H groups in total. The molecule has 138 valence electrons. The van der Waals surface area contributed by atoms with E-state index in [0.29, 0.717) is 30.9 Å². The smallest absolute Gasteiger partial charge is 0.212 e. The van der Waals surface area contributed by atoms with Gasteiger partial charge >= 0.3 is 0 Å². The average molecular weight is 365 g/mol. The van der Waals surface area contributed by atoms with Gasteiger partial charge in [-0.25, -0.2) is 9.98 Å². The molecule has 0 aliphatic carbocycles. The van der Waals surface area contributed by atoms with Crippen molar-refractivity contribution in [1.29, 1.82) is 0 Å². The summed E-state index contributed by atoms with van der Waals surface area (Å²) in [5.74, 6) is 3.14. The summed E-state index contributed by atoms with van der Waals surface area (Å²) in [6.45, 7) is 1.26. The van der Waals surface area contributed by atoms with Crippen molar-refractivity contribution in [3.8, 4) is 17.2 Å². The normalized spacial score (nSPS) is 18.3. The quantitative estimate of drug-likeness (QED) is 0.724. The summed E-state index contributed by atoms with van der Waals surface area (Å²) in [5, 5.41) is 3.05. The molecule has 0 amide bonds. The van der Waals surface area contributed by atoms with E-state index in [1.807, 2.05) is 41.0 Å². The topological polar surface area (TPSA) is 95.9 Å². The van der Waals surface area contributed by atoms with Crippen LogP contribution in [0.4, 0.5) is 5.95 Å². The Labute approximate surface area is 155 Å². The number of fused-ring (bicyclic) bond motifs is 4. The van der Waals surface area contributed by atoms with Gasteiger partial charge in [-0.1, -0.05) is 12.1 Å². The standard InChI is InChI=1S/C19H19N5O3/c1-25-12-5-2-4-11(8-12)17-22-18(20)23-19-21-13-9-15-16(10-14(13)24(17)19)27-7-3-6-26-15/h2,4-5,8-10,17H,3,6-7H2,1H3,(H3,20,21,22,23). The molecule has 8 heteroatoms. The van der Waals surface area contributed by atoms with E-state index >= 15 is 0 Å². The summed E-state index contributed by atoms with van der Waals surface area (Å²) in [7, 11) is 1.64. The van der Waals surface area contributed by atoms with Crippen molar-refractivity contribution < 1.29 is 14.2 Å². The SMILES string of the molecule is COc1cccc(C2N=C(N)Nc3nc4cc5c(cc4n32)OCCCO5)c1. The second-order valence-electron chi connectivity index (χ2n) is 6.43.